The Hall–Kier alpha value is -1.56. The normalized spacial score (nSPS) is 18.7. The lowest BCUT2D eigenvalue weighted by Gasteiger charge is -2.33. The Morgan fingerprint density at radius 2 is 1.92 bits per heavy atom. The molecule has 0 radical (unpaired) electrons. The fourth-order valence-corrected chi connectivity index (χ4v) is 4.03. The monoisotopic (exact) mass is 448 g/mol. The minimum Gasteiger partial charge on any atom is -0.371 e. The molecule has 132 valence electrons. The van der Waals surface area contributed by atoms with E-state index in [2.05, 4.69) is 64.0 Å². The Balaban J connectivity index is 1.65. The van der Waals surface area contributed by atoms with Crippen molar-refractivity contribution < 1.29 is 4.79 Å². The predicted octanol–water partition coefficient (Wildman–Crippen LogP) is 5.02. The van der Waals surface area contributed by atoms with Crippen LogP contribution in [0.15, 0.2) is 48.5 Å². The van der Waals surface area contributed by atoms with Crippen LogP contribution in [0.4, 0.5) is 5.69 Å². The van der Waals surface area contributed by atoms with Crippen molar-refractivity contribution in [3.63, 3.8) is 0 Å². The summed E-state index contributed by atoms with van der Waals surface area (Å²) in [6.07, 6.45) is 2.60. The smallest absolute Gasteiger partial charge is 0.252 e. The van der Waals surface area contributed by atoms with Gasteiger partial charge in [0.15, 0.2) is 0 Å². The van der Waals surface area contributed by atoms with E-state index in [4.69, 9.17) is 0 Å². The average molecular weight is 448 g/mol. The number of benzene rings is 2. The highest BCUT2D eigenvalue weighted by Crippen LogP contribution is 2.25. The van der Waals surface area contributed by atoms with E-state index in [1.54, 1.807) is 0 Å². The van der Waals surface area contributed by atoms with Crippen molar-refractivity contribution in [1.29, 1.82) is 0 Å². The lowest BCUT2D eigenvalue weighted by molar-refractivity contribution is 0.0939. The Morgan fingerprint density at radius 3 is 2.60 bits per heavy atom. The van der Waals surface area contributed by atoms with Crippen LogP contribution in [0.1, 0.15) is 48.7 Å². The second-order valence-electron chi connectivity index (χ2n) is 6.96. The molecule has 4 heteroatoms. The summed E-state index contributed by atoms with van der Waals surface area (Å²) in [5, 5.41) is 3.10. The van der Waals surface area contributed by atoms with Crippen molar-refractivity contribution in [3.8, 4) is 0 Å². The zero-order valence-corrected chi connectivity index (χ0v) is 17.0. The van der Waals surface area contributed by atoms with Crippen LogP contribution in [0.2, 0.25) is 0 Å². The lowest BCUT2D eigenvalue weighted by atomic mass is 9.99. The maximum Gasteiger partial charge on any atom is 0.252 e. The van der Waals surface area contributed by atoms with Crippen molar-refractivity contribution in [2.24, 2.45) is 5.92 Å². The molecule has 0 bridgehead atoms. The molecule has 1 saturated heterocycles. The van der Waals surface area contributed by atoms with E-state index in [0.29, 0.717) is 0 Å². The zero-order valence-electron chi connectivity index (χ0n) is 14.8. The number of nitrogens with zero attached hydrogens (tertiary/aromatic N) is 1. The second-order valence-corrected chi connectivity index (χ2v) is 8.12. The topological polar surface area (TPSA) is 32.3 Å². The quantitative estimate of drug-likeness (QED) is 0.667. The molecule has 1 amide bonds. The van der Waals surface area contributed by atoms with Crippen LogP contribution >= 0.6 is 22.6 Å². The third kappa shape index (κ3) is 4.54. The summed E-state index contributed by atoms with van der Waals surface area (Å²) in [6, 6.07) is 16.3. The van der Waals surface area contributed by atoms with Gasteiger partial charge >= 0.3 is 0 Å². The van der Waals surface area contributed by atoms with E-state index in [9.17, 15) is 4.79 Å². The average Bonchev–Trinajstić information content (AvgIpc) is 2.62. The molecule has 25 heavy (non-hydrogen) atoms. The highest BCUT2D eigenvalue weighted by Gasteiger charge is 2.17. The standard InChI is InChI=1S/C21H25IN2O/c1-15-6-5-13-24(14-15)18-11-9-17(10-12-18)16(2)23-21(25)19-7-3-4-8-20(19)22/h3-4,7-12,15-16H,5-6,13-14H2,1-2H3,(H,23,25)/t15-,16-/m0/s1. The molecule has 0 aromatic heterocycles. The third-order valence-corrected chi connectivity index (χ3v) is 5.82. The van der Waals surface area contributed by atoms with Crippen molar-refractivity contribution in [3.05, 3.63) is 63.2 Å². The first-order chi connectivity index (χ1) is 12.0. The summed E-state index contributed by atoms with van der Waals surface area (Å²) >= 11 is 2.20. The van der Waals surface area contributed by atoms with Gasteiger partial charge in [-0.25, -0.2) is 0 Å². The summed E-state index contributed by atoms with van der Waals surface area (Å²) < 4.78 is 0.972. The molecule has 1 fully saturated rings. The van der Waals surface area contributed by atoms with Crippen molar-refractivity contribution in [2.75, 3.05) is 18.0 Å². The summed E-state index contributed by atoms with van der Waals surface area (Å²) in [6.45, 7) is 6.63. The number of carbonyl (C=O) groups excluding carboxylic acids is 1. The van der Waals surface area contributed by atoms with Gasteiger partial charge < -0.3 is 10.2 Å². The largest absolute Gasteiger partial charge is 0.371 e. The number of hydrogen-bond acceptors (Lipinski definition) is 2. The number of anilines is 1. The molecule has 2 aromatic rings. The first kappa shape index (κ1) is 18.2. The molecule has 0 unspecified atom stereocenters. The van der Waals surface area contributed by atoms with Crippen LogP contribution in [0, 0.1) is 9.49 Å². The van der Waals surface area contributed by atoms with Crippen LogP contribution in [0.5, 0.6) is 0 Å². The summed E-state index contributed by atoms with van der Waals surface area (Å²) in [5.41, 5.74) is 3.15. The van der Waals surface area contributed by atoms with E-state index >= 15 is 0 Å². The highest BCUT2D eigenvalue weighted by atomic mass is 127. The SMILES string of the molecule is C[C@H]1CCCN(c2ccc([C@H](C)NC(=O)c3ccccc3I)cc2)C1. The first-order valence-corrected chi connectivity index (χ1v) is 10.0. The van der Waals surface area contributed by atoms with Crippen LogP contribution in [0.3, 0.4) is 0 Å². The molecule has 0 spiro atoms. The van der Waals surface area contributed by atoms with Gasteiger partial charge in [0.1, 0.15) is 0 Å². The van der Waals surface area contributed by atoms with E-state index in [1.807, 2.05) is 31.2 Å². The van der Waals surface area contributed by atoms with E-state index in [0.717, 1.165) is 33.7 Å². The van der Waals surface area contributed by atoms with Gasteiger partial charge in [0, 0.05) is 22.3 Å². The number of rotatable bonds is 4. The van der Waals surface area contributed by atoms with Gasteiger partial charge in [-0.3, -0.25) is 4.79 Å². The molecular formula is C21H25IN2O. The number of nitrogens with one attached hydrogen (secondary N) is 1. The van der Waals surface area contributed by atoms with E-state index < -0.39 is 0 Å². The number of halogens is 1. The van der Waals surface area contributed by atoms with Gasteiger partial charge in [0.05, 0.1) is 11.6 Å². The summed E-state index contributed by atoms with van der Waals surface area (Å²) in [7, 11) is 0. The molecule has 3 nitrogen and oxygen atoms in total. The van der Waals surface area contributed by atoms with E-state index in [-0.39, 0.29) is 11.9 Å². The Morgan fingerprint density at radius 1 is 1.20 bits per heavy atom. The first-order valence-electron chi connectivity index (χ1n) is 8.95. The van der Waals surface area contributed by atoms with Gasteiger partial charge in [-0.15, -0.1) is 0 Å². The highest BCUT2D eigenvalue weighted by molar-refractivity contribution is 14.1. The Labute approximate surface area is 164 Å². The van der Waals surface area contributed by atoms with Gasteiger partial charge in [-0.2, -0.15) is 0 Å². The Bertz CT molecular complexity index is 729. The second kappa shape index (κ2) is 8.21. The predicted molar refractivity (Wildman–Crippen MR) is 112 cm³/mol. The zero-order chi connectivity index (χ0) is 17.8. The molecule has 1 heterocycles. The minimum atomic E-state index is -0.0218. The Kier molecular flexibility index (Phi) is 5.99. The van der Waals surface area contributed by atoms with Crippen LogP contribution < -0.4 is 10.2 Å². The lowest BCUT2D eigenvalue weighted by Crippen LogP contribution is -2.34. The van der Waals surface area contributed by atoms with Gasteiger partial charge in [-0.05, 0) is 78.1 Å². The molecule has 2 aromatic carbocycles. The number of piperidine rings is 1. The maximum absolute atomic E-state index is 12.5. The molecule has 2 atom stereocenters. The van der Waals surface area contributed by atoms with Crippen molar-refractivity contribution >= 4 is 34.2 Å². The molecule has 0 saturated carbocycles. The van der Waals surface area contributed by atoms with Gasteiger partial charge in [-0.1, -0.05) is 31.2 Å². The fourth-order valence-electron chi connectivity index (χ4n) is 3.40. The molecular weight excluding hydrogens is 423 g/mol. The number of hydrogen-bond donors (Lipinski definition) is 1. The summed E-state index contributed by atoms with van der Waals surface area (Å²) in [4.78, 5) is 14.9. The van der Waals surface area contributed by atoms with E-state index in [1.165, 1.54) is 18.5 Å². The van der Waals surface area contributed by atoms with Crippen molar-refractivity contribution in [2.45, 2.75) is 32.7 Å². The molecule has 1 aliphatic heterocycles. The van der Waals surface area contributed by atoms with Crippen LogP contribution in [-0.2, 0) is 0 Å². The van der Waals surface area contributed by atoms with Gasteiger partial charge in [0.25, 0.3) is 5.91 Å². The molecule has 0 aliphatic carbocycles. The molecule has 1 aliphatic rings. The fraction of sp³-hybridized carbons (Fsp3) is 0.381. The maximum atomic E-state index is 12.5. The number of carbonyl (C=O) groups is 1. The van der Waals surface area contributed by atoms with Crippen LogP contribution in [0.25, 0.3) is 0 Å². The van der Waals surface area contributed by atoms with Crippen molar-refractivity contribution in [1.82, 2.24) is 5.32 Å². The van der Waals surface area contributed by atoms with Crippen LogP contribution in [-0.4, -0.2) is 19.0 Å². The molecule has 1 N–H and O–H groups in total. The third-order valence-electron chi connectivity index (χ3n) is 4.88. The minimum absolute atomic E-state index is 0.0159. The van der Waals surface area contributed by atoms with Gasteiger partial charge in [0.2, 0.25) is 0 Å². The number of amides is 1. The summed E-state index contributed by atoms with van der Waals surface area (Å²) in [5.74, 6) is 0.742. The molecule has 3 rings (SSSR count).